The van der Waals surface area contributed by atoms with Gasteiger partial charge in [-0.3, -0.25) is 4.98 Å². The minimum atomic E-state index is -0.573. The number of carbonyl (C=O) groups excluding carboxylic acids is 1. The zero-order chi connectivity index (χ0) is 13.9. The van der Waals surface area contributed by atoms with Gasteiger partial charge in [-0.05, 0) is 35.7 Å². The van der Waals surface area contributed by atoms with E-state index >= 15 is 0 Å². The van der Waals surface area contributed by atoms with Crippen LogP contribution in [0.2, 0.25) is 0 Å². The summed E-state index contributed by atoms with van der Waals surface area (Å²) in [5, 5.41) is 1.81. The Labute approximate surface area is 114 Å². The normalized spacial score (nSPS) is 10.4. The van der Waals surface area contributed by atoms with Gasteiger partial charge >= 0.3 is 5.97 Å². The first-order chi connectivity index (χ1) is 9.78. The fraction of sp³-hybridized carbons (Fsp3) is 0.0667. The van der Waals surface area contributed by atoms with Crippen LogP contribution in [0.15, 0.2) is 53.4 Å². The standard InChI is InChI=1S/C15H11NO4/c1-18-13-7-10-4-5-16-9-11(10)8-14(13)20-15(17)12-3-2-6-19-12/h2-9H,1H3. The zero-order valence-corrected chi connectivity index (χ0v) is 10.7. The molecule has 0 aliphatic heterocycles. The second kappa shape index (κ2) is 5.05. The van der Waals surface area contributed by atoms with Gasteiger partial charge in [0.2, 0.25) is 5.76 Å². The van der Waals surface area contributed by atoms with Gasteiger partial charge < -0.3 is 13.9 Å². The van der Waals surface area contributed by atoms with Gasteiger partial charge in [-0.25, -0.2) is 4.79 Å². The number of pyridine rings is 1. The lowest BCUT2D eigenvalue weighted by atomic mass is 10.1. The third-order valence-electron chi connectivity index (χ3n) is 2.85. The van der Waals surface area contributed by atoms with Crippen molar-refractivity contribution < 1.29 is 18.7 Å². The number of benzene rings is 1. The van der Waals surface area contributed by atoms with Gasteiger partial charge in [0.25, 0.3) is 0 Å². The van der Waals surface area contributed by atoms with Crippen molar-refractivity contribution in [2.45, 2.75) is 0 Å². The van der Waals surface area contributed by atoms with E-state index in [0.717, 1.165) is 10.8 Å². The van der Waals surface area contributed by atoms with Crippen LogP contribution >= 0.6 is 0 Å². The van der Waals surface area contributed by atoms with Gasteiger partial charge in [-0.1, -0.05) is 0 Å². The first-order valence-corrected chi connectivity index (χ1v) is 5.95. The molecule has 2 aromatic heterocycles. The zero-order valence-electron chi connectivity index (χ0n) is 10.7. The first-order valence-electron chi connectivity index (χ1n) is 5.95. The van der Waals surface area contributed by atoms with Crippen LogP contribution in [0.5, 0.6) is 11.5 Å². The molecule has 2 heterocycles. The van der Waals surface area contributed by atoms with E-state index in [2.05, 4.69) is 4.98 Å². The molecule has 3 rings (SSSR count). The maximum absolute atomic E-state index is 11.9. The molecular formula is C15H11NO4. The summed E-state index contributed by atoms with van der Waals surface area (Å²) in [7, 11) is 1.52. The molecule has 100 valence electrons. The highest BCUT2D eigenvalue weighted by Crippen LogP contribution is 2.32. The van der Waals surface area contributed by atoms with Gasteiger partial charge in [0.15, 0.2) is 11.5 Å². The Bertz CT molecular complexity index is 750. The molecule has 0 spiro atoms. The lowest BCUT2D eigenvalue weighted by Crippen LogP contribution is -2.08. The number of fused-ring (bicyclic) bond motifs is 1. The van der Waals surface area contributed by atoms with Crippen molar-refractivity contribution in [3.63, 3.8) is 0 Å². The number of nitrogens with zero attached hydrogens (tertiary/aromatic N) is 1. The van der Waals surface area contributed by atoms with Crippen molar-refractivity contribution in [3.05, 3.63) is 54.7 Å². The highest BCUT2D eigenvalue weighted by atomic mass is 16.6. The number of ether oxygens (including phenoxy) is 2. The molecule has 0 aliphatic rings. The number of hydrogen-bond acceptors (Lipinski definition) is 5. The Hall–Kier alpha value is -2.82. The molecule has 0 amide bonds. The van der Waals surface area contributed by atoms with Gasteiger partial charge in [-0.2, -0.15) is 0 Å². The van der Waals surface area contributed by atoms with Crippen LogP contribution in [0.25, 0.3) is 10.8 Å². The summed E-state index contributed by atoms with van der Waals surface area (Å²) in [5.41, 5.74) is 0. The number of aromatic nitrogens is 1. The van der Waals surface area contributed by atoms with Crippen molar-refractivity contribution in [2.24, 2.45) is 0 Å². The van der Waals surface area contributed by atoms with Crippen LogP contribution in [-0.4, -0.2) is 18.1 Å². The van der Waals surface area contributed by atoms with Crippen LogP contribution in [0.4, 0.5) is 0 Å². The molecule has 0 unspecified atom stereocenters. The van der Waals surface area contributed by atoms with E-state index in [1.807, 2.05) is 6.07 Å². The first kappa shape index (κ1) is 12.2. The third kappa shape index (κ3) is 2.21. The highest BCUT2D eigenvalue weighted by molar-refractivity contribution is 5.90. The number of hydrogen-bond donors (Lipinski definition) is 0. The molecule has 0 saturated carbocycles. The van der Waals surface area contributed by atoms with E-state index in [0.29, 0.717) is 11.5 Å². The number of methoxy groups -OCH3 is 1. The number of carbonyl (C=O) groups is 1. The maximum Gasteiger partial charge on any atom is 0.379 e. The molecular weight excluding hydrogens is 258 g/mol. The summed E-state index contributed by atoms with van der Waals surface area (Å²) in [6.07, 6.45) is 4.80. The molecule has 0 bridgehead atoms. The second-order valence-corrected chi connectivity index (χ2v) is 4.09. The summed E-state index contributed by atoms with van der Waals surface area (Å²) < 4.78 is 15.5. The molecule has 0 saturated heterocycles. The average molecular weight is 269 g/mol. The minimum absolute atomic E-state index is 0.137. The van der Waals surface area contributed by atoms with Crippen LogP contribution in [0.1, 0.15) is 10.6 Å². The van der Waals surface area contributed by atoms with Crippen LogP contribution in [0, 0.1) is 0 Å². The predicted molar refractivity (Wildman–Crippen MR) is 72.0 cm³/mol. The molecule has 5 heteroatoms. The molecule has 0 atom stereocenters. The summed E-state index contributed by atoms with van der Waals surface area (Å²) in [4.78, 5) is 15.9. The predicted octanol–water partition coefficient (Wildman–Crippen LogP) is 3.06. The van der Waals surface area contributed by atoms with E-state index in [1.165, 1.54) is 19.4 Å². The Balaban J connectivity index is 1.99. The molecule has 20 heavy (non-hydrogen) atoms. The van der Waals surface area contributed by atoms with Crippen molar-refractivity contribution in [2.75, 3.05) is 7.11 Å². The van der Waals surface area contributed by atoms with E-state index < -0.39 is 5.97 Å². The van der Waals surface area contributed by atoms with Gasteiger partial charge in [-0.15, -0.1) is 0 Å². The Morgan fingerprint density at radius 2 is 2.05 bits per heavy atom. The Morgan fingerprint density at radius 1 is 1.20 bits per heavy atom. The van der Waals surface area contributed by atoms with Crippen molar-refractivity contribution in [3.8, 4) is 11.5 Å². The molecule has 0 radical (unpaired) electrons. The quantitative estimate of drug-likeness (QED) is 0.540. The third-order valence-corrected chi connectivity index (χ3v) is 2.85. The average Bonchev–Trinajstić information content (AvgIpc) is 3.01. The van der Waals surface area contributed by atoms with E-state index in [-0.39, 0.29) is 5.76 Å². The van der Waals surface area contributed by atoms with E-state index in [1.54, 1.807) is 30.6 Å². The summed E-state index contributed by atoms with van der Waals surface area (Å²) in [6, 6.07) is 8.52. The summed E-state index contributed by atoms with van der Waals surface area (Å²) in [5.74, 6) is 0.368. The second-order valence-electron chi connectivity index (χ2n) is 4.09. The monoisotopic (exact) mass is 269 g/mol. The van der Waals surface area contributed by atoms with E-state index in [4.69, 9.17) is 13.9 Å². The molecule has 3 aromatic rings. The Morgan fingerprint density at radius 3 is 2.80 bits per heavy atom. The summed E-state index contributed by atoms with van der Waals surface area (Å²) in [6.45, 7) is 0. The molecule has 5 nitrogen and oxygen atoms in total. The minimum Gasteiger partial charge on any atom is -0.493 e. The topological polar surface area (TPSA) is 61.6 Å². The smallest absolute Gasteiger partial charge is 0.379 e. The SMILES string of the molecule is COc1cc2ccncc2cc1OC(=O)c1ccco1. The summed E-state index contributed by atoms with van der Waals surface area (Å²) >= 11 is 0. The van der Waals surface area contributed by atoms with Crippen molar-refractivity contribution in [1.82, 2.24) is 4.98 Å². The fourth-order valence-corrected chi connectivity index (χ4v) is 1.88. The van der Waals surface area contributed by atoms with Crippen molar-refractivity contribution >= 4 is 16.7 Å². The lowest BCUT2D eigenvalue weighted by Gasteiger charge is -2.09. The molecule has 0 fully saturated rings. The van der Waals surface area contributed by atoms with Crippen LogP contribution in [-0.2, 0) is 0 Å². The molecule has 0 aliphatic carbocycles. The molecule has 0 N–H and O–H groups in total. The lowest BCUT2D eigenvalue weighted by molar-refractivity contribution is 0.0696. The number of furan rings is 1. The Kier molecular flexibility index (Phi) is 3.09. The largest absolute Gasteiger partial charge is 0.493 e. The molecule has 1 aromatic carbocycles. The van der Waals surface area contributed by atoms with Crippen molar-refractivity contribution in [1.29, 1.82) is 0 Å². The van der Waals surface area contributed by atoms with Crippen LogP contribution in [0.3, 0.4) is 0 Å². The van der Waals surface area contributed by atoms with E-state index in [9.17, 15) is 4.79 Å². The fourth-order valence-electron chi connectivity index (χ4n) is 1.88. The number of esters is 1. The van der Waals surface area contributed by atoms with Crippen LogP contribution < -0.4 is 9.47 Å². The maximum atomic E-state index is 11.9. The number of rotatable bonds is 3. The highest BCUT2D eigenvalue weighted by Gasteiger charge is 2.15. The van der Waals surface area contributed by atoms with Gasteiger partial charge in [0, 0.05) is 17.8 Å². The van der Waals surface area contributed by atoms with Gasteiger partial charge in [0.1, 0.15) is 0 Å². The van der Waals surface area contributed by atoms with Gasteiger partial charge in [0.05, 0.1) is 13.4 Å².